The zero-order valence-corrected chi connectivity index (χ0v) is 9.84. The second-order valence-corrected chi connectivity index (χ2v) is 4.24. The summed E-state index contributed by atoms with van der Waals surface area (Å²) in [5.74, 6) is 0.946. The maximum Gasteiger partial charge on any atom is 0.239 e. The van der Waals surface area contributed by atoms with Crippen LogP contribution in [0.25, 0.3) is 0 Å². The van der Waals surface area contributed by atoms with E-state index in [2.05, 4.69) is 0 Å². The lowest BCUT2D eigenvalue weighted by atomic mass is 10.3. The quantitative estimate of drug-likeness (QED) is 0.774. The molecule has 1 aromatic rings. The van der Waals surface area contributed by atoms with Crippen LogP contribution in [0.1, 0.15) is 12.8 Å². The van der Waals surface area contributed by atoms with Gasteiger partial charge in [-0.05, 0) is 25.0 Å². The first-order valence-electron chi connectivity index (χ1n) is 5.99. The van der Waals surface area contributed by atoms with Crippen molar-refractivity contribution < 1.29 is 9.53 Å². The van der Waals surface area contributed by atoms with E-state index in [-0.39, 0.29) is 11.9 Å². The minimum absolute atomic E-state index is 0.0738. The fourth-order valence-electron chi connectivity index (χ4n) is 1.95. The van der Waals surface area contributed by atoms with Crippen molar-refractivity contribution in [2.24, 2.45) is 5.73 Å². The number of rotatable bonds is 5. The number of benzene rings is 1. The van der Waals surface area contributed by atoms with Crippen LogP contribution in [0.15, 0.2) is 30.3 Å². The predicted octanol–water partition coefficient (Wildman–Crippen LogP) is 1.02. The third-order valence-electron chi connectivity index (χ3n) is 2.92. The normalized spacial score (nSPS) is 19.7. The molecule has 0 aromatic heterocycles. The largest absolute Gasteiger partial charge is 0.494 e. The molecule has 2 N–H and O–H groups in total. The van der Waals surface area contributed by atoms with Gasteiger partial charge in [0.05, 0.1) is 12.6 Å². The summed E-state index contributed by atoms with van der Waals surface area (Å²) in [5, 5.41) is 0. The van der Waals surface area contributed by atoms with Crippen molar-refractivity contribution in [3.63, 3.8) is 0 Å². The minimum Gasteiger partial charge on any atom is -0.494 e. The Morgan fingerprint density at radius 1 is 1.35 bits per heavy atom. The highest BCUT2D eigenvalue weighted by Gasteiger charge is 2.27. The zero-order valence-electron chi connectivity index (χ0n) is 9.84. The standard InChI is InChI=1S/C13H18N2O2/c14-12-7-9-15(13(12)16)8-4-10-17-11-5-2-1-3-6-11/h1-3,5-6,12H,4,7-10,14H2. The van der Waals surface area contributed by atoms with Gasteiger partial charge in [-0.15, -0.1) is 0 Å². The van der Waals surface area contributed by atoms with Gasteiger partial charge in [0.15, 0.2) is 0 Å². The first-order chi connectivity index (χ1) is 8.27. The van der Waals surface area contributed by atoms with E-state index >= 15 is 0 Å². The number of amides is 1. The van der Waals surface area contributed by atoms with Crippen LogP contribution >= 0.6 is 0 Å². The number of hydrogen-bond donors (Lipinski definition) is 1. The van der Waals surface area contributed by atoms with E-state index < -0.39 is 0 Å². The molecule has 1 atom stereocenters. The number of carbonyl (C=O) groups is 1. The van der Waals surface area contributed by atoms with E-state index in [0.717, 1.165) is 31.7 Å². The van der Waals surface area contributed by atoms with E-state index in [1.165, 1.54) is 0 Å². The Labute approximate surface area is 101 Å². The molecule has 17 heavy (non-hydrogen) atoms. The van der Waals surface area contributed by atoms with Crippen LogP contribution in [0, 0.1) is 0 Å². The third kappa shape index (κ3) is 3.20. The molecule has 1 aliphatic heterocycles. The van der Waals surface area contributed by atoms with Crippen molar-refractivity contribution in [2.75, 3.05) is 19.7 Å². The predicted molar refractivity (Wildman–Crippen MR) is 65.7 cm³/mol. The lowest BCUT2D eigenvalue weighted by Gasteiger charge is -2.15. The second kappa shape index (κ2) is 5.68. The molecule has 2 rings (SSSR count). The van der Waals surface area contributed by atoms with Gasteiger partial charge >= 0.3 is 0 Å². The highest BCUT2D eigenvalue weighted by Crippen LogP contribution is 2.11. The van der Waals surface area contributed by atoms with Crippen LogP contribution in [0.4, 0.5) is 0 Å². The van der Waals surface area contributed by atoms with Crippen LogP contribution < -0.4 is 10.5 Å². The summed E-state index contributed by atoms with van der Waals surface area (Å²) in [4.78, 5) is 13.3. The maximum atomic E-state index is 11.5. The molecule has 0 spiro atoms. The molecule has 0 aliphatic carbocycles. The lowest BCUT2D eigenvalue weighted by Crippen LogP contribution is -2.34. The van der Waals surface area contributed by atoms with E-state index in [4.69, 9.17) is 10.5 Å². The highest BCUT2D eigenvalue weighted by molar-refractivity contribution is 5.83. The number of para-hydroxylation sites is 1. The summed E-state index contributed by atoms with van der Waals surface area (Å²) in [6.45, 7) is 2.15. The van der Waals surface area contributed by atoms with E-state index in [1.54, 1.807) is 0 Å². The first-order valence-corrected chi connectivity index (χ1v) is 5.99. The molecule has 1 unspecified atom stereocenters. The molecule has 1 aromatic carbocycles. The minimum atomic E-state index is -0.287. The van der Waals surface area contributed by atoms with Gasteiger partial charge in [-0.25, -0.2) is 0 Å². The van der Waals surface area contributed by atoms with Crippen molar-refractivity contribution in [2.45, 2.75) is 18.9 Å². The molecular weight excluding hydrogens is 216 g/mol. The Morgan fingerprint density at radius 2 is 2.12 bits per heavy atom. The summed E-state index contributed by atoms with van der Waals surface area (Å²) in [6, 6.07) is 9.41. The monoisotopic (exact) mass is 234 g/mol. The van der Waals surface area contributed by atoms with Gasteiger partial charge in [-0.1, -0.05) is 18.2 Å². The molecule has 0 saturated carbocycles. The van der Waals surface area contributed by atoms with Crippen molar-refractivity contribution in [3.05, 3.63) is 30.3 Å². The van der Waals surface area contributed by atoms with Crippen LogP contribution in [0.5, 0.6) is 5.75 Å². The number of nitrogens with two attached hydrogens (primary N) is 1. The Balaban J connectivity index is 1.65. The second-order valence-electron chi connectivity index (χ2n) is 4.24. The van der Waals surface area contributed by atoms with Gasteiger partial charge in [0.25, 0.3) is 0 Å². The topological polar surface area (TPSA) is 55.6 Å². The highest BCUT2D eigenvalue weighted by atomic mass is 16.5. The lowest BCUT2D eigenvalue weighted by molar-refractivity contribution is -0.128. The van der Waals surface area contributed by atoms with Gasteiger partial charge in [0.2, 0.25) is 5.91 Å². The van der Waals surface area contributed by atoms with Crippen LogP contribution in [0.2, 0.25) is 0 Å². The molecular formula is C13H18N2O2. The summed E-state index contributed by atoms with van der Waals surface area (Å²) >= 11 is 0. The maximum absolute atomic E-state index is 11.5. The number of likely N-dealkylation sites (tertiary alicyclic amines) is 1. The van der Waals surface area contributed by atoms with E-state index in [9.17, 15) is 4.79 Å². The Hall–Kier alpha value is -1.55. The molecule has 92 valence electrons. The molecule has 1 aliphatic rings. The van der Waals surface area contributed by atoms with Crippen molar-refractivity contribution in [1.29, 1.82) is 0 Å². The van der Waals surface area contributed by atoms with Crippen LogP contribution in [0.3, 0.4) is 0 Å². The third-order valence-corrected chi connectivity index (χ3v) is 2.92. The fourth-order valence-corrected chi connectivity index (χ4v) is 1.95. The van der Waals surface area contributed by atoms with Crippen LogP contribution in [-0.2, 0) is 4.79 Å². The van der Waals surface area contributed by atoms with Gasteiger partial charge in [-0.3, -0.25) is 4.79 Å². The molecule has 0 radical (unpaired) electrons. The van der Waals surface area contributed by atoms with Crippen molar-refractivity contribution >= 4 is 5.91 Å². The summed E-state index contributed by atoms with van der Waals surface area (Å²) in [5.41, 5.74) is 5.64. The number of carbonyl (C=O) groups excluding carboxylic acids is 1. The van der Waals surface area contributed by atoms with E-state index in [1.807, 2.05) is 35.2 Å². The molecule has 1 heterocycles. The number of hydrogen-bond acceptors (Lipinski definition) is 3. The summed E-state index contributed by atoms with van der Waals surface area (Å²) in [7, 11) is 0. The molecule has 4 heteroatoms. The molecule has 1 amide bonds. The Morgan fingerprint density at radius 3 is 2.76 bits per heavy atom. The van der Waals surface area contributed by atoms with Gasteiger partial charge < -0.3 is 15.4 Å². The fraction of sp³-hybridized carbons (Fsp3) is 0.462. The van der Waals surface area contributed by atoms with Crippen molar-refractivity contribution in [3.8, 4) is 5.75 Å². The van der Waals surface area contributed by atoms with Gasteiger partial charge in [-0.2, -0.15) is 0 Å². The Bertz CT molecular complexity index is 367. The SMILES string of the molecule is NC1CCN(CCCOc2ccccc2)C1=O. The zero-order chi connectivity index (χ0) is 12.1. The summed E-state index contributed by atoms with van der Waals surface area (Å²) in [6.07, 6.45) is 1.62. The average molecular weight is 234 g/mol. The Kier molecular flexibility index (Phi) is 3.98. The van der Waals surface area contributed by atoms with Gasteiger partial charge in [0, 0.05) is 13.1 Å². The first kappa shape index (κ1) is 11.9. The molecule has 1 fully saturated rings. The average Bonchev–Trinajstić information content (AvgIpc) is 2.67. The number of ether oxygens (including phenoxy) is 1. The van der Waals surface area contributed by atoms with Crippen LogP contribution in [-0.4, -0.2) is 36.5 Å². The summed E-state index contributed by atoms with van der Waals surface area (Å²) < 4.78 is 5.56. The number of nitrogens with zero attached hydrogens (tertiary/aromatic N) is 1. The van der Waals surface area contributed by atoms with E-state index in [0.29, 0.717) is 6.61 Å². The van der Waals surface area contributed by atoms with Gasteiger partial charge in [0.1, 0.15) is 5.75 Å². The molecule has 0 bridgehead atoms. The smallest absolute Gasteiger partial charge is 0.239 e. The molecule has 4 nitrogen and oxygen atoms in total. The van der Waals surface area contributed by atoms with Crippen molar-refractivity contribution in [1.82, 2.24) is 4.90 Å². The molecule has 1 saturated heterocycles.